The van der Waals surface area contributed by atoms with Crippen molar-refractivity contribution in [3.63, 3.8) is 0 Å². The molecule has 7 nitrogen and oxygen atoms in total. The topological polar surface area (TPSA) is 107 Å². The molecule has 3 N–H and O–H groups in total. The Morgan fingerprint density at radius 2 is 1.45 bits per heavy atom. The Balaban J connectivity index is 0.000000385. The van der Waals surface area contributed by atoms with E-state index < -0.39 is 23.7 Å². The molecule has 1 heterocycles. The van der Waals surface area contributed by atoms with Gasteiger partial charge in [0.1, 0.15) is 0 Å². The molecule has 1 aliphatic heterocycles. The van der Waals surface area contributed by atoms with Gasteiger partial charge in [0.25, 0.3) is 0 Å². The number of piperidine rings is 1. The zero-order valence-corrected chi connectivity index (χ0v) is 23.1. The third-order valence-electron chi connectivity index (χ3n) is 7.96. The third kappa shape index (κ3) is 7.97. The van der Waals surface area contributed by atoms with Gasteiger partial charge in [-0.2, -0.15) is 13.2 Å². The first-order valence-corrected chi connectivity index (χ1v) is 13.7. The zero-order chi connectivity index (χ0) is 30.5. The number of carbonyl (C=O) groups excluding carboxylic acids is 1. The molecule has 42 heavy (non-hydrogen) atoms. The van der Waals surface area contributed by atoms with E-state index in [-0.39, 0.29) is 29.0 Å². The van der Waals surface area contributed by atoms with Gasteiger partial charge in [0.15, 0.2) is 0 Å². The van der Waals surface area contributed by atoms with Crippen molar-refractivity contribution in [2.24, 2.45) is 5.41 Å². The molecule has 1 saturated carbocycles. The number of hydrogen-bond donors (Lipinski definition) is 3. The van der Waals surface area contributed by atoms with E-state index in [4.69, 9.17) is 10.2 Å². The van der Waals surface area contributed by atoms with Crippen LogP contribution in [0.4, 0.5) is 13.2 Å². The van der Waals surface area contributed by atoms with Gasteiger partial charge < -0.3 is 15.5 Å². The number of nitrogens with zero attached hydrogens (tertiary/aromatic N) is 1. The van der Waals surface area contributed by atoms with Crippen LogP contribution in [0, 0.1) is 5.41 Å². The summed E-state index contributed by atoms with van der Waals surface area (Å²) >= 11 is 0. The highest BCUT2D eigenvalue weighted by Gasteiger charge is 2.49. The summed E-state index contributed by atoms with van der Waals surface area (Å²) in [5, 5.41) is 20.5. The summed E-state index contributed by atoms with van der Waals surface area (Å²) in [6, 6.07) is 19.2. The molecule has 1 spiro atoms. The number of likely N-dealkylation sites (tertiary alicyclic amines) is 1. The molecule has 0 radical (unpaired) electrons. The molecule has 0 aromatic heterocycles. The second-order valence-electron chi connectivity index (χ2n) is 11.0. The lowest BCUT2D eigenvalue weighted by molar-refractivity contribution is -0.137. The molecule has 5 rings (SSSR count). The predicted molar refractivity (Wildman–Crippen MR) is 150 cm³/mol. The van der Waals surface area contributed by atoms with Gasteiger partial charge in [-0.25, -0.2) is 9.59 Å². The lowest BCUT2D eigenvalue weighted by atomic mass is 9.87. The van der Waals surface area contributed by atoms with Crippen LogP contribution >= 0.6 is 0 Å². The summed E-state index contributed by atoms with van der Waals surface area (Å²) in [5.41, 5.74) is 1.59. The van der Waals surface area contributed by atoms with Crippen LogP contribution < -0.4 is 5.32 Å². The number of hydrogen-bond acceptors (Lipinski definition) is 4. The molecule has 10 heteroatoms. The van der Waals surface area contributed by atoms with E-state index in [1.807, 2.05) is 6.92 Å². The highest BCUT2D eigenvalue weighted by molar-refractivity contribution is 5.88. The van der Waals surface area contributed by atoms with Crippen LogP contribution in [-0.4, -0.2) is 45.5 Å². The van der Waals surface area contributed by atoms with Gasteiger partial charge in [-0.05, 0) is 92.1 Å². The predicted octanol–water partition coefficient (Wildman–Crippen LogP) is 6.41. The molecule has 1 unspecified atom stereocenters. The molecule has 2 aliphatic rings. The van der Waals surface area contributed by atoms with Crippen molar-refractivity contribution in [1.29, 1.82) is 0 Å². The fourth-order valence-electron chi connectivity index (χ4n) is 5.18. The van der Waals surface area contributed by atoms with E-state index >= 15 is 0 Å². The maximum Gasteiger partial charge on any atom is 0.416 e. The van der Waals surface area contributed by atoms with E-state index in [1.54, 1.807) is 42.5 Å². The van der Waals surface area contributed by atoms with Crippen LogP contribution in [0.5, 0.6) is 0 Å². The van der Waals surface area contributed by atoms with E-state index in [0.29, 0.717) is 12.1 Å². The molecule has 2 fully saturated rings. The van der Waals surface area contributed by atoms with Crippen molar-refractivity contribution in [2.75, 3.05) is 6.54 Å². The average Bonchev–Trinajstić information content (AvgIpc) is 3.73. The number of nitrogens with one attached hydrogen (secondary N) is 1. The summed E-state index contributed by atoms with van der Waals surface area (Å²) in [5.74, 6) is -1.99. The number of carboxylic acids is 2. The molecule has 1 aliphatic carbocycles. The van der Waals surface area contributed by atoms with Crippen molar-refractivity contribution in [2.45, 2.75) is 57.4 Å². The number of carboxylic acid groups (broad SMARTS) is 2. The van der Waals surface area contributed by atoms with Gasteiger partial charge in [0.05, 0.1) is 28.8 Å². The lowest BCUT2D eigenvalue weighted by Crippen LogP contribution is -2.51. The van der Waals surface area contributed by atoms with E-state index in [1.165, 1.54) is 24.3 Å². The Morgan fingerprint density at radius 1 is 0.881 bits per heavy atom. The first-order chi connectivity index (χ1) is 19.9. The number of benzene rings is 3. The minimum atomic E-state index is -4.37. The molecule has 1 amide bonds. The van der Waals surface area contributed by atoms with Crippen LogP contribution in [0.1, 0.15) is 76.1 Å². The SMILES string of the molecule is C[C@H](NC(=O)C1CC2(CCN1Cc1ccc(C(F)(F)F)cc1)CC2)c1ccc(C(=O)O)cc1.O=C(O)c1ccccc1. The monoisotopic (exact) mass is 582 g/mol. The first-order valence-electron chi connectivity index (χ1n) is 13.7. The molecule has 222 valence electrons. The standard InChI is InChI=1S/C25H27F3N2O3.C7H6O2/c1-16(18-4-6-19(7-5-18)23(32)33)29-22(31)21-14-24(10-11-24)12-13-30(21)15-17-2-8-20(9-3-17)25(26,27)28;8-7(9)6-4-2-1-3-5-6/h2-9,16,21H,10-15H2,1H3,(H,29,31)(H,32,33);1-5H,(H,8,9)/t16-,21?;/m0./s1. The van der Waals surface area contributed by atoms with Crippen molar-refractivity contribution in [3.8, 4) is 0 Å². The number of aromatic carboxylic acids is 2. The molecule has 2 atom stereocenters. The maximum atomic E-state index is 13.3. The Bertz CT molecular complexity index is 1390. The summed E-state index contributed by atoms with van der Waals surface area (Å²) in [7, 11) is 0. The molecular weight excluding hydrogens is 549 g/mol. The minimum Gasteiger partial charge on any atom is -0.478 e. The number of amides is 1. The van der Waals surface area contributed by atoms with Crippen LogP contribution in [0.3, 0.4) is 0 Å². The number of alkyl halides is 3. The Kier molecular flexibility index (Phi) is 9.36. The summed E-state index contributed by atoms with van der Waals surface area (Å²) in [6.07, 6.45) is -0.425. The van der Waals surface area contributed by atoms with Crippen LogP contribution in [0.15, 0.2) is 78.9 Å². The zero-order valence-electron chi connectivity index (χ0n) is 23.1. The van der Waals surface area contributed by atoms with Gasteiger partial charge in [-0.1, -0.05) is 42.5 Å². The largest absolute Gasteiger partial charge is 0.478 e. The van der Waals surface area contributed by atoms with Crippen molar-refractivity contribution in [1.82, 2.24) is 10.2 Å². The highest BCUT2D eigenvalue weighted by Crippen LogP contribution is 2.55. The number of halogens is 3. The van der Waals surface area contributed by atoms with Gasteiger partial charge in [-0.15, -0.1) is 0 Å². The summed E-state index contributed by atoms with van der Waals surface area (Å²) in [6.45, 7) is 2.98. The average molecular weight is 583 g/mol. The first kappa shape index (κ1) is 30.8. The van der Waals surface area contributed by atoms with Crippen LogP contribution in [-0.2, 0) is 17.5 Å². The highest BCUT2D eigenvalue weighted by atomic mass is 19.4. The second kappa shape index (κ2) is 12.8. The lowest BCUT2D eigenvalue weighted by Gasteiger charge is -2.39. The normalized spacial score (nSPS) is 18.3. The smallest absolute Gasteiger partial charge is 0.416 e. The van der Waals surface area contributed by atoms with E-state index in [2.05, 4.69) is 10.2 Å². The quantitative estimate of drug-likeness (QED) is 0.297. The van der Waals surface area contributed by atoms with Crippen molar-refractivity contribution >= 4 is 17.8 Å². The molecule has 1 saturated heterocycles. The molecule has 3 aromatic rings. The third-order valence-corrected chi connectivity index (χ3v) is 7.96. The van der Waals surface area contributed by atoms with Crippen LogP contribution in [0.2, 0.25) is 0 Å². The van der Waals surface area contributed by atoms with Gasteiger partial charge in [0.2, 0.25) is 5.91 Å². The number of rotatable bonds is 7. The minimum absolute atomic E-state index is 0.109. The molecule has 3 aromatic carbocycles. The summed E-state index contributed by atoms with van der Waals surface area (Å²) < 4.78 is 38.6. The van der Waals surface area contributed by atoms with Crippen LogP contribution in [0.25, 0.3) is 0 Å². The van der Waals surface area contributed by atoms with E-state index in [9.17, 15) is 27.6 Å². The fourth-order valence-corrected chi connectivity index (χ4v) is 5.18. The van der Waals surface area contributed by atoms with Gasteiger partial charge in [-0.3, -0.25) is 9.69 Å². The number of carbonyl (C=O) groups is 3. The van der Waals surface area contributed by atoms with E-state index in [0.717, 1.165) is 55.5 Å². The second-order valence-corrected chi connectivity index (χ2v) is 11.0. The van der Waals surface area contributed by atoms with Gasteiger partial charge in [0, 0.05) is 6.54 Å². The molecule has 0 bridgehead atoms. The van der Waals surface area contributed by atoms with Crippen molar-refractivity contribution < 1.29 is 37.8 Å². The molecular formula is C32H33F3N2O5. The van der Waals surface area contributed by atoms with Crippen molar-refractivity contribution in [3.05, 3.63) is 107 Å². The fraction of sp³-hybridized carbons (Fsp3) is 0.344. The van der Waals surface area contributed by atoms with Gasteiger partial charge >= 0.3 is 18.1 Å². The maximum absolute atomic E-state index is 13.3. The summed E-state index contributed by atoms with van der Waals surface area (Å²) in [4.78, 5) is 36.6. The Hall–Kier alpha value is -4.18. The Morgan fingerprint density at radius 3 is 1.95 bits per heavy atom. The Labute approximate surface area is 242 Å².